The van der Waals surface area contributed by atoms with E-state index in [-0.39, 0.29) is 5.25 Å². The van der Waals surface area contributed by atoms with E-state index in [1.807, 2.05) is 6.92 Å². The summed E-state index contributed by atoms with van der Waals surface area (Å²) in [5.74, 6) is 0. The van der Waals surface area contributed by atoms with Crippen LogP contribution in [0, 0.1) is 0 Å². The van der Waals surface area contributed by atoms with E-state index in [9.17, 15) is 5.11 Å². The zero-order valence-electron chi connectivity index (χ0n) is 7.53. The normalized spacial score (nSPS) is 14.7. The lowest BCUT2D eigenvalue weighted by molar-refractivity contribution is 0.0823. The summed E-state index contributed by atoms with van der Waals surface area (Å²) >= 11 is 1.54. The average Bonchev–Trinajstić information content (AvgIpc) is 2.37. The molecular weight excluding hydrogens is 172 g/mol. The summed E-state index contributed by atoms with van der Waals surface area (Å²) in [4.78, 5) is 7.05. The van der Waals surface area contributed by atoms with Gasteiger partial charge in [-0.15, -0.1) is 0 Å². The second-order valence-corrected chi connectivity index (χ2v) is 4.64. The SMILES string of the molecule is CC(Sc1ncc[nH]1)C(C)(C)O. The minimum absolute atomic E-state index is 0.128. The second kappa shape index (κ2) is 3.49. The first-order chi connectivity index (χ1) is 5.50. The lowest BCUT2D eigenvalue weighted by atomic mass is 10.1. The molecule has 0 saturated heterocycles. The Balaban J connectivity index is 2.53. The van der Waals surface area contributed by atoms with Gasteiger partial charge in [0.25, 0.3) is 0 Å². The van der Waals surface area contributed by atoms with E-state index >= 15 is 0 Å². The van der Waals surface area contributed by atoms with Crippen molar-refractivity contribution in [2.24, 2.45) is 0 Å². The Morgan fingerprint density at radius 3 is 2.75 bits per heavy atom. The van der Waals surface area contributed by atoms with E-state index in [1.54, 1.807) is 38.0 Å². The summed E-state index contributed by atoms with van der Waals surface area (Å²) in [6.07, 6.45) is 3.48. The van der Waals surface area contributed by atoms with Crippen LogP contribution in [0.15, 0.2) is 17.6 Å². The van der Waals surface area contributed by atoms with E-state index < -0.39 is 5.60 Å². The van der Waals surface area contributed by atoms with Crippen LogP contribution < -0.4 is 0 Å². The van der Waals surface area contributed by atoms with Gasteiger partial charge in [-0.1, -0.05) is 18.7 Å². The van der Waals surface area contributed by atoms with Crippen LogP contribution in [0.3, 0.4) is 0 Å². The Labute approximate surface area is 76.6 Å². The molecule has 0 aliphatic rings. The average molecular weight is 186 g/mol. The fourth-order valence-electron chi connectivity index (χ4n) is 0.627. The van der Waals surface area contributed by atoms with Crippen molar-refractivity contribution >= 4 is 11.8 Å². The van der Waals surface area contributed by atoms with Crippen LogP contribution in [-0.2, 0) is 0 Å². The maximum absolute atomic E-state index is 9.62. The Kier molecular flexibility index (Phi) is 2.80. The van der Waals surface area contributed by atoms with Crippen molar-refractivity contribution < 1.29 is 5.11 Å². The predicted molar refractivity (Wildman–Crippen MR) is 50.2 cm³/mol. The quantitative estimate of drug-likeness (QED) is 0.706. The highest BCUT2D eigenvalue weighted by Crippen LogP contribution is 2.26. The molecule has 1 atom stereocenters. The van der Waals surface area contributed by atoms with Gasteiger partial charge in [0, 0.05) is 17.6 Å². The van der Waals surface area contributed by atoms with Crippen LogP contribution in [-0.4, -0.2) is 25.9 Å². The highest BCUT2D eigenvalue weighted by Gasteiger charge is 2.23. The molecule has 2 N–H and O–H groups in total. The molecule has 0 saturated carbocycles. The number of rotatable bonds is 3. The number of H-pyrrole nitrogens is 1. The number of imidazole rings is 1. The molecule has 1 aromatic rings. The Morgan fingerprint density at radius 1 is 1.67 bits per heavy atom. The van der Waals surface area contributed by atoms with Crippen molar-refractivity contribution in [2.75, 3.05) is 0 Å². The van der Waals surface area contributed by atoms with Crippen LogP contribution in [0.25, 0.3) is 0 Å². The summed E-state index contributed by atoms with van der Waals surface area (Å²) in [6.45, 7) is 5.58. The molecule has 3 nitrogen and oxygen atoms in total. The van der Waals surface area contributed by atoms with E-state index in [1.165, 1.54) is 0 Å². The topological polar surface area (TPSA) is 48.9 Å². The number of aromatic nitrogens is 2. The molecule has 1 aromatic heterocycles. The summed E-state index contributed by atoms with van der Waals surface area (Å²) in [6, 6.07) is 0. The lowest BCUT2D eigenvalue weighted by Gasteiger charge is -2.23. The zero-order chi connectivity index (χ0) is 9.19. The van der Waals surface area contributed by atoms with Crippen LogP contribution in [0.4, 0.5) is 0 Å². The molecule has 0 amide bonds. The van der Waals surface area contributed by atoms with E-state index in [4.69, 9.17) is 0 Å². The molecule has 0 spiro atoms. The summed E-state index contributed by atoms with van der Waals surface area (Å²) in [5.41, 5.74) is -0.669. The maximum atomic E-state index is 9.62. The van der Waals surface area contributed by atoms with Crippen molar-refractivity contribution in [3.63, 3.8) is 0 Å². The fourth-order valence-corrected chi connectivity index (χ4v) is 1.51. The van der Waals surface area contributed by atoms with Gasteiger partial charge in [0.05, 0.1) is 5.60 Å². The van der Waals surface area contributed by atoms with Gasteiger partial charge in [0.2, 0.25) is 0 Å². The highest BCUT2D eigenvalue weighted by atomic mass is 32.2. The van der Waals surface area contributed by atoms with Crippen molar-refractivity contribution in [3.8, 4) is 0 Å². The first-order valence-electron chi connectivity index (χ1n) is 3.88. The molecule has 1 unspecified atom stereocenters. The molecule has 0 fully saturated rings. The number of nitrogens with zero attached hydrogens (tertiary/aromatic N) is 1. The molecule has 0 bridgehead atoms. The third kappa shape index (κ3) is 2.53. The van der Waals surface area contributed by atoms with E-state index in [2.05, 4.69) is 9.97 Å². The van der Waals surface area contributed by atoms with Gasteiger partial charge in [-0.3, -0.25) is 0 Å². The van der Waals surface area contributed by atoms with Crippen LogP contribution in [0.1, 0.15) is 20.8 Å². The molecule has 0 aliphatic carbocycles. The minimum atomic E-state index is -0.669. The number of nitrogens with one attached hydrogen (secondary N) is 1. The first kappa shape index (κ1) is 9.61. The highest BCUT2D eigenvalue weighted by molar-refractivity contribution is 7.99. The smallest absolute Gasteiger partial charge is 0.165 e. The lowest BCUT2D eigenvalue weighted by Crippen LogP contribution is -2.30. The van der Waals surface area contributed by atoms with Crippen LogP contribution >= 0.6 is 11.8 Å². The molecule has 4 heteroatoms. The van der Waals surface area contributed by atoms with Crippen molar-refractivity contribution in [1.29, 1.82) is 0 Å². The standard InChI is InChI=1S/C8H14N2OS/c1-6(8(2,3)11)12-7-9-4-5-10-7/h4-6,11H,1-3H3,(H,9,10). The molecule has 0 aliphatic heterocycles. The van der Waals surface area contributed by atoms with Crippen molar-refractivity contribution in [2.45, 2.75) is 36.8 Å². The number of aliphatic hydroxyl groups is 1. The molecule has 12 heavy (non-hydrogen) atoms. The summed E-state index contributed by atoms with van der Waals surface area (Å²) < 4.78 is 0. The third-order valence-electron chi connectivity index (χ3n) is 1.76. The number of thioether (sulfide) groups is 1. The molecule has 1 heterocycles. The third-order valence-corrected chi connectivity index (χ3v) is 3.13. The second-order valence-electron chi connectivity index (χ2n) is 3.31. The van der Waals surface area contributed by atoms with Crippen LogP contribution in [0.5, 0.6) is 0 Å². The predicted octanol–water partition coefficient (Wildman–Crippen LogP) is 1.66. The minimum Gasteiger partial charge on any atom is -0.389 e. The van der Waals surface area contributed by atoms with E-state index in [0.717, 1.165) is 5.16 Å². The van der Waals surface area contributed by atoms with Gasteiger partial charge < -0.3 is 10.1 Å². The maximum Gasteiger partial charge on any atom is 0.165 e. The molecule has 1 rings (SSSR count). The van der Waals surface area contributed by atoms with Gasteiger partial charge in [-0.2, -0.15) is 0 Å². The van der Waals surface area contributed by atoms with Gasteiger partial charge in [0.15, 0.2) is 5.16 Å². The summed E-state index contributed by atoms with van der Waals surface area (Å²) in [7, 11) is 0. The number of hydrogen-bond donors (Lipinski definition) is 2. The van der Waals surface area contributed by atoms with Gasteiger partial charge in [-0.05, 0) is 13.8 Å². The Morgan fingerprint density at radius 2 is 2.33 bits per heavy atom. The largest absolute Gasteiger partial charge is 0.389 e. The fraction of sp³-hybridized carbons (Fsp3) is 0.625. The van der Waals surface area contributed by atoms with Crippen LogP contribution in [0.2, 0.25) is 0 Å². The first-order valence-corrected chi connectivity index (χ1v) is 4.76. The zero-order valence-corrected chi connectivity index (χ0v) is 8.35. The molecular formula is C8H14N2OS. The monoisotopic (exact) mass is 186 g/mol. The molecule has 68 valence electrons. The summed E-state index contributed by atoms with van der Waals surface area (Å²) in [5, 5.41) is 10.6. The van der Waals surface area contributed by atoms with E-state index in [0.29, 0.717) is 0 Å². The van der Waals surface area contributed by atoms with Gasteiger partial charge in [-0.25, -0.2) is 4.98 Å². The van der Waals surface area contributed by atoms with Gasteiger partial charge >= 0.3 is 0 Å². The molecule has 0 radical (unpaired) electrons. The number of aromatic amines is 1. The Hall–Kier alpha value is -0.480. The van der Waals surface area contributed by atoms with Crippen molar-refractivity contribution in [1.82, 2.24) is 9.97 Å². The van der Waals surface area contributed by atoms with Crippen molar-refractivity contribution in [3.05, 3.63) is 12.4 Å². The molecule has 0 aromatic carbocycles. The number of hydrogen-bond acceptors (Lipinski definition) is 3. The van der Waals surface area contributed by atoms with Gasteiger partial charge in [0.1, 0.15) is 0 Å². The Bertz CT molecular complexity index is 228.